The van der Waals surface area contributed by atoms with Crippen molar-refractivity contribution >= 4 is 17.5 Å². The number of hydrogen-bond acceptors (Lipinski definition) is 7. The molecule has 1 unspecified atom stereocenters. The minimum atomic E-state index is -0.674. The highest BCUT2D eigenvalue weighted by Gasteiger charge is 2.37. The van der Waals surface area contributed by atoms with Gasteiger partial charge in [-0.25, -0.2) is 4.68 Å². The van der Waals surface area contributed by atoms with Crippen LogP contribution < -0.4 is 24.8 Å². The van der Waals surface area contributed by atoms with Crippen molar-refractivity contribution in [1.82, 2.24) is 14.8 Å². The zero-order chi connectivity index (χ0) is 27.7. The second-order valence-corrected chi connectivity index (χ2v) is 9.34. The molecule has 3 aromatic carbocycles. The van der Waals surface area contributed by atoms with Gasteiger partial charge in [0.2, 0.25) is 5.95 Å². The average molecular weight is 526 g/mol. The Balaban J connectivity index is 1.69. The summed E-state index contributed by atoms with van der Waals surface area (Å²) >= 11 is 0. The van der Waals surface area contributed by atoms with E-state index in [1.165, 1.54) is 5.56 Å². The predicted octanol–water partition coefficient (Wildman–Crippen LogP) is 5.52. The number of carbonyl (C=O) groups excluding carboxylic acids is 1. The second-order valence-electron chi connectivity index (χ2n) is 9.34. The molecule has 1 aliphatic rings. The number of anilines is 2. The maximum Gasteiger partial charge on any atom is 0.255 e. The number of methoxy groups -OCH3 is 3. The molecular formula is C30H31N5O4. The average Bonchev–Trinajstić information content (AvgIpc) is 3.37. The Kier molecular flexibility index (Phi) is 6.98. The Labute approximate surface area is 227 Å². The number of ether oxygens (including phenoxy) is 3. The Bertz CT molecular complexity index is 1580. The fraction of sp³-hybridized carbons (Fsp3) is 0.233. The van der Waals surface area contributed by atoms with Crippen LogP contribution in [-0.2, 0) is 4.79 Å². The van der Waals surface area contributed by atoms with Crippen molar-refractivity contribution in [2.45, 2.75) is 26.8 Å². The van der Waals surface area contributed by atoms with Gasteiger partial charge >= 0.3 is 0 Å². The van der Waals surface area contributed by atoms with Gasteiger partial charge in [0.1, 0.15) is 11.8 Å². The number of para-hydroxylation sites is 1. The third-order valence-electron chi connectivity index (χ3n) is 6.92. The van der Waals surface area contributed by atoms with Gasteiger partial charge in [0.25, 0.3) is 5.91 Å². The van der Waals surface area contributed by atoms with Crippen molar-refractivity contribution in [2.75, 3.05) is 32.0 Å². The highest BCUT2D eigenvalue weighted by molar-refractivity contribution is 6.06. The van der Waals surface area contributed by atoms with Gasteiger partial charge in [-0.3, -0.25) is 4.79 Å². The van der Waals surface area contributed by atoms with Crippen LogP contribution >= 0.6 is 0 Å². The molecule has 0 aliphatic carbocycles. The van der Waals surface area contributed by atoms with Crippen molar-refractivity contribution in [2.24, 2.45) is 0 Å². The molecule has 1 atom stereocenters. The number of aryl methyl sites for hydroxylation is 2. The van der Waals surface area contributed by atoms with Crippen LogP contribution in [0, 0.1) is 13.8 Å². The zero-order valence-electron chi connectivity index (χ0n) is 22.8. The maximum absolute atomic E-state index is 13.8. The van der Waals surface area contributed by atoms with E-state index in [1.807, 2.05) is 49.4 Å². The van der Waals surface area contributed by atoms with Gasteiger partial charge in [0, 0.05) is 28.6 Å². The van der Waals surface area contributed by atoms with Crippen LogP contribution in [0.1, 0.15) is 29.7 Å². The number of rotatable bonds is 7. The third-order valence-corrected chi connectivity index (χ3v) is 6.92. The summed E-state index contributed by atoms with van der Waals surface area (Å²) in [6.07, 6.45) is 0. The molecule has 1 amide bonds. The van der Waals surface area contributed by atoms with E-state index in [0.717, 1.165) is 11.1 Å². The fourth-order valence-corrected chi connectivity index (χ4v) is 4.72. The zero-order valence-corrected chi connectivity index (χ0v) is 22.8. The number of aromatic nitrogens is 3. The first-order chi connectivity index (χ1) is 18.8. The van der Waals surface area contributed by atoms with E-state index in [9.17, 15) is 4.79 Å². The maximum atomic E-state index is 13.8. The molecule has 9 heteroatoms. The second kappa shape index (κ2) is 10.5. The van der Waals surface area contributed by atoms with Crippen LogP contribution in [0.4, 0.5) is 11.6 Å². The monoisotopic (exact) mass is 525 g/mol. The summed E-state index contributed by atoms with van der Waals surface area (Å²) in [6, 6.07) is 18.3. The van der Waals surface area contributed by atoms with Gasteiger partial charge in [-0.1, -0.05) is 30.3 Å². The van der Waals surface area contributed by atoms with Crippen LogP contribution in [0.25, 0.3) is 11.4 Å². The lowest BCUT2D eigenvalue weighted by molar-refractivity contribution is -0.113. The van der Waals surface area contributed by atoms with E-state index in [0.29, 0.717) is 51.5 Å². The van der Waals surface area contributed by atoms with Crippen molar-refractivity contribution in [3.8, 4) is 28.6 Å². The lowest BCUT2D eigenvalue weighted by Gasteiger charge is -2.30. The normalized spacial score (nSPS) is 14.4. The van der Waals surface area contributed by atoms with Crippen molar-refractivity contribution in [3.63, 3.8) is 0 Å². The molecule has 0 saturated heterocycles. The first-order valence-corrected chi connectivity index (χ1v) is 12.5. The minimum Gasteiger partial charge on any atom is -0.496 e. The first-order valence-electron chi connectivity index (χ1n) is 12.5. The van der Waals surface area contributed by atoms with Crippen molar-refractivity contribution in [1.29, 1.82) is 0 Å². The molecule has 200 valence electrons. The molecule has 1 aromatic heterocycles. The molecule has 2 N–H and O–H groups in total. The summed E-state index contributed by atoms with van der Waals surface area (Å²) in [4.78, 5) is 18.6. The number of carbonyl (C=O) groups is 1. The van der Waals surface area contributed by atoms with Crippen molar-refractivity contribution in [3.05, 3.63) is 88.6 Å². The number of amides is 1. The Morgan fingerprint density at radius 3 is 2.23 bits per heavy atom. The Hall–Kier alpha value is -4.79. The molecule has 4 aromatic rings. The van der Waals surface area contributed by atoms with Crippen LogP contribution in [0.5, 0.6) is 17.2 Å². The molecule has 9 nitrogen and oxygen atoms in total. The molecular weight excluding hydrogens is 494 g/mol. The molecule has 0 spiro atoms. The summed E-state index contributed by atoms with van der Waals surface area (Å²) in [5.74, 6) is 2.32. The molecule has 0 saturated carbocycles. The highest BCUT2D eigenvalue weighted by Crippen LogP contribution is 2.44. The lowest BCUT2D eigenvalue weighted by atomic mass is 9.93. The highest BCUT2D eigenvalue weighted by atomic mass is 16.5. The number of allylic oxidation sites excluding steroid dienone is 1. The molecule has 0 fully saturated rings. The van der Waals surface area contributed by atoms with Gasteiger partial charge in [-0.2, -0.15) is 4.98 Å². The van der Waals surface area contributed by atoms with Gasteiger partial charge < -0.3 is 24.8 Å². The van der Waals surface area contributed by atoms with Crippen LogP contribution in [0.15, 0.2) is 71.9 Å². The fourth-order valence-electron chi connectivity index (χ4n) is 4.72. The van der Waals surface area contributed by atoms with Gasteiger partial charge in [-0.05, 0) is 56.2 Å². The van der Waals surface area contributed by atoms with E-state index in [2.05, 4.69) is 36.6 Å². The lowest BCUT2D eigenvalue weighted by Crippen LogP contribution is -2.31. The van der Waals surface area contributed by atoms with E-state index in [-0.39, 0.29) is 5.91 Å². The van der Waals surface area contributed by atoms with Gasteiger partial charge in [0.15, 0.2) is 17.3 Å². The predicted molar refractivity (Wildman–Crippen MR) is 151 cm³/mol. The summed E-state index contributed by atoms with van der Waals surface area (Å²) in [5.41, 5.74) is 5.68. The van der Waals surface area contributed by atoms with E-state index in [4.69, 9.17) is 24.3 Å². The standard InChI is InChI=1S/C30H31N5O4/c1-17-12-13-20(14-18(17)2)28-33-30-31-19(3)26(29(36)32-21-10-8-7-9-11-21)27(35(30)34-28)22-15-24(38-5)25(39-6)16-23(22)37-4/h7-16,27H,1-6H3,(H,32,36)(H,31,33,34). The van der Waals surface area contributed by atoms with Gasteiger partial charge in [-0.15, -0.1) is 5.10 Å². The number of benzene rings is 3. The summed E-state index contributed by atoms with van der Waals surface area (Å²) in [7, 11) is 4.71. The molecule has 2 heterocycles. The molecule has 0 radical (unpaired) electrons. The van der Waals surface area contributed by atoms with E-state index in [1.54, 1.807) is 32.1 Å². The number of nitrogens with one attached hydrogen (secondary N) is 2. The molecule has 39 heavy (non-hydrogen) atoms. The topological polar surface area (TPSA) is 99.5 Å². The van der Waals surface area contributed by atoms with Crippen molar-refractivity contribution < 1.29 is 19.0 Å². The number of nitrogens with zero attached hydrogens (tertiary/aromatic N) is 3. The van der Waals surface area contributed by atoms with Crippen LogP contribution in [0.2, 0.25) is 0 Å². The molecule has 5 rings (SSSR count). The molecule has 0 bridgehead atoms. The number of hydrogen-bond donors (Lipinski definition) is 2. The Morgan fingerprint density at radius 2 is 1.56 bits per heavy atom. The quantitative estimate of drug-likeness (QED) is 0.328. The summed E-state index contributed by atoms with van der Waals surface area (Å²) in [6.45, 7) is 5.98. The van der Waals surface area contributed by atoms with E-state index >= 15 is 0 Å². The SMILES string of the molecule is COc1cc(OC)c(C2C(C(=O)Nc3ccccc3)=C(C)Nc3nc(-c4ccc(C)c(C)c4)nn32)cc1OC. The third kappa shape index (κ3) is 4.79. The van der Waals surface area contributed by atoms with Crippen LogP contribution in [0.3, 0.4) is 0 Å². The minimum absolute atomic E-state index is 0.276. The summed E-state index contributed by atoms with van der Waals surface area (Å²) < 4.78 is 18.6. The number of fused-ring (bicyclic) bond motifs is 1. The summed E-state index contributed by atoms with van der Waals surface area (Å²) in [5, 5.41) is 11.2. The smallest absolute Gasteiger partial charge is 0.255 e. The largest absolute Gasteiger partial charge is 0.496 e. The Morgan fingerprint density at radius 1 is 0.872 bits per heavy atom. The van der Waals surface area contributed by atoms with E-state index < -0.39 is 6.04 Å². The first kappa shape index (κ1) is 25.8. The van der Waals surface area contributed by atoms with Gasteiger partial charge in [0.05, 0.1) is 26.9 Å². The molecule has 1 aliphatic heterocycles. The van der Waals surface area contributed by atoms with Crippen LogP contribution in [-0.4, -0.2) is 42.0 Å².